The normalized spacial score (nSPS) is 27.8. The first kappa shape index (κ1) is 14.7. The van der Waals surface area contributed by atoms with Crippen molar-refractivity contribution < 1.29 is 13.9 Å². The third kappa shape index (κ3) is 3.12. The second-order valence-corrected chi connectivity index (χ2v) is 6.31. The van der Waals surface area contributed by atoms with Crippen molar-refractivity contribution >= 4 is 0 Å². The minimum Gasteiger partial charge on any atom is -0.486 e. The molecule has 1 saturated heterocycles. The quantitative estimate of drug-likeness (QED) is 0.868. The summed E-state index contributed by atoms with van der Waals surface area (Å²) in [6.45, 7) is 4.52. The van der Waals surface area contributed by atoms with Gasteiger partial charge in [0.25, 0.3) is 0 Å². The minimum atomic E-state index is 0.102. The molecule has 0 bridgehead atoms. The van der Waals surface area contributed by atoms with Crippen LogP contribution in [0.1, 0.15) is 24.4 Å². The Morgan fingerprint density at radius 1 is 1.30 bits per heavy atom. The summed E-state index contributed by atoms with van der Waals surface area (Å²) in [5, 5.41) is 0. The van der Waals surface area contributed by atoms with Gasteiger partial charge in [-0.1, -0.05) is 0 Å². The summed E-state index contributed by atoms with van der Waals surface area (Å²) in [5.41, 5.74) is 0. The molecule has 5 nitrogen and oxygen atoms in total. The van der Waals surface area contributed by atoms with E-state index in [1.165, 1.54) is 0 Å². The third-order valence-electron chi connectivity index (χ3n) is 4.73. The van der Waals surface area contributed by atoms with Crippen molar-refractivity contribution in [2.75, 3.05) is 13.2 Å². The summed E-state index contributed by atoms with van der Waals surface area (Å²) in [4.78, 5) is 6.59. The Morgan fingerprint density at radius 2 is 2.26 bits per heavy atom. The van der Waals surface area contributed by atoms with Crippen molar-refractivity contribution in [1.29, 1.82) is 0 Å². The molecule has 0 spiro atoms. The summed E-state index contributed by atoms with van der Waals surface area (Å²) in [6, 6.07) is 8.34. The minimum absolute atomic E-state index is 0.102. The van der Waals surface area contributed by atoms with Crippen LogP contribution in [0.5, 0.6) is 5.75 Å². The summed E-state index contributed by atoms with van der Waals surface area (Å²) in [6.07, 6.45) is 5.85. The van der Waals surface area contributed by atoms with E-state index in [1.54, 1.807) is 12.4 Å². The van der Waals surface area contributed by atoms with Crippen molar-refractivity contribution in [3.63, 3.8) is 0 Å². The van der Waals surface area contributed by atoms with E-state index in [0.717, 1.165) is 49.8 Å². The van der Waals surface area contributed by atoms with Gasteiger partial charge in [-0.2, -0.15) is 0 Å². The molecule has 2 aromatic heterocycles. The molecule has 2 aliphatic rings. The summed E-state index contributed by atoms with van der Waals surface area (Å²) in [5.74, 6) is 2.81. The molecule has 2 aromatic rings. The summed E-state index contributed by atoms with van der Waals surface area (Å²) < 4.78 is 17.9. The predicted molar refractivity (Wildman–Crippen MR) is 85.3 cm³/mol. The van der Waals surface area contributed by atoms with Crippen LogP contribution in [-0.4, -0.2) is 41.3 Å². The molecule has 2 fully saturated rings. The van der Waals surface area contributed by atoms with Gasteiger partial charge in [-0.3, -0.25) is 9.88 Å². The van der Waals surface area contributed by atoms with Crippen LogP contribution in [0.25, 0.3) is 0 Å². The number of aryl methyl sites for hydroxylation is 1. The van der Waals surface area contributed by atoms with Crippen LogP contribution < -0.4 is 4.74 Å². The first-order valence-electron chi connectivity index (χ1n) is 8.27. The Hall–Kier alpha value is -1.85. The van der Waals surface area contributed by atoms with E-state index in [4.69, 9.17) is 13.9 Å². The van der Waals surface area contributed by atoms with Crippen LogP contribution in [0.2, 0.25) is 0 Å². The number of furan rings is 1. The smallest absolute Gasteiger partial charge is 0.138 e. The van der Waals surface area contributed by atoms with Crippen LogP contribution in [-0.2, 0) is 11.3 Å². The van der Waals surface area contributed by atoms with E-state index in [0.29, 0.717) is 6.04 Å². The molecular formula is C18H22N2O3. The Labute approximate surface area is 136 Å². The SMILES string of the molecule is Cc1ccc(CN2CCO[C@@H]3[C@@H](Oc4cccnc4)CC[C@H]32)o1. The molecule has 0 aromatic carbocycles. The third-order valence-corrected chi connectivity index (χ3v) is 4.73. The lowest BCUT2D eigenvalue weighted by Gasteiger charge is -2.38. The van der Waals surface area contributed by atoms with Crippen LogP contribution in [0.15, 0.2) is 41.1 Å². The lowest BCUT2D eigenvalue weighted by atomic mass is 10.1. The maximum absolute atomic E-state index is 6.11. The number of fused-ring (bicyclic) bond motifs is 1. The topological polar surface area (TPSA) is 47.7 Å². The van der Waals surface area contributed by atoms with Crippen molar-refractivity contribution in [2.45, 2.75) is 44.6 Å². The predicted octanol–water partition coefficient (Wildman–Crippen LogP) is 2.79. The molecule has 5 heteroatoms. The number of hydrogen-bond acceptors (Lipinski definition) is 5. The summed E-state index contributed by atoms with van der Waals surface area (Å²) in [7, 11) is 0. The molecule has 122 valence electrons. The molecule has 0 N–H and O–H groups in total. The number of pyridine rings is 1. The van der Waals surface area contributed by atoms with Crippen LogP contribution in [0.4, 0.5) is 0 Å². The van der Waals surface area contributed by atoms with Gasteiger partial charge in [0.1, 0.15) is 29.5 Å². The first-order valence-corrected chi connectivity index (χ1v) is 8.27. The molecule has 1 saturated carbocycles. The highest BCUT2D eigenvalue weighted by molar-refractivity contribution is 5.17. The molecule has 0 amide bonds. The fourth-order valence-corrected chi connectivity index (χ4v) is 3.68. The molecule has 3 atom stereocenters. The lowest BCUT2D eigenvalue weighted by molar-refractivity contribution is -0.0929. The number of hydrogen-bond donors (Lipinski definition) is 0. The number of morpholine rings is 1. The van der Waals surface area contributed by atoms with E-state index in [2.05, 4.69) is 16.0 Å². The Morgan fingerprint density at radius 3 is 3.04 bits per heavy atom. The van der Waals surface area contributed by atoms with Crippen molar-refractivity contribution in [3.05, 3.63) is 48.2 Å². The zero-order valence-electron chi connectivity index (χ0n) is 13.4. The van der Waals surface area contributed by atoms with Crippen LogP contribution >= 0.6 is 0 Å². The highest BCUT2D eigenvalue weighted by Crippen LogP contribution is 2.33. The molecule has 3 heterocycles. The molecule has 1 aliphatic carbocycles. The van der Waals surface area contributed by atoms with Gasteiger partial charge in [0.2, 0.25) is 0 Å². The van der Waals surface area contributed by atoms with Crippen molar-refractivity contribution in [1.82, 2.24) is 9.88 Å². The fourth-order valence-electron chi connectivity index (χ4n) is 3.68. The van der Waals surface area contributed by atoms with Gasteiger partial charge in [-0.05, 0) is 44.0 Å². The number of ether oxygens (including phenoxy) is 2. The van der Waals surface area contributed by atoms with Gasteiger partial charge in [0.05, 0.1) is 19.3 Å². The molecule has 1 aliphatic heterocycles. The van der Waals surface area contributed by atoms with Gasteiger partial charge >= 0.3 is 0 Å². The van der Waals surface area contributed by atoms with Gasteiger partial charge < -0.3 is 13.9 Å². The Balaban J connectivity index is 1.43. The lowest BCUT2D eigenvalue weighted by Crippen LogP contribution is -2.51. The van der Waals surface area contributed by atoms with Gasteiger partial charge in [-0.25, -0.2) is 0 Å². The standard InChI is InChI=1S/C18H22N2O3/c1-13-4-5-15(22-13)12-20-9-10-21-18-16(20)6-7-17(18)23-14-3-2-8-19-11-14/h2-5,8,11,16-18H,6-7,9-10,12H2,1H3/t16-,17+,18+/m1/s1. The average Bonchev–Trinajstić information content (AvgIpc) is 3.16. The van der Waals surface area contributed by atoms with E-state index in [9.17, 15) is 0 Å². The highest BCUT2D eigenvalue weighted by atomic mass is 16.5. The molecule has 0 radical (unpaired) electrons. The number of rotatable bonds is 4. The summed E-state index contributed by atoms with van der Waals surface area (Å²) >= 11 is 0. The zero-order valence-corrected chi connectivity index (χ0v) is 13.4. The number of nitrogens with zero attached hydrogens (tertiary/aromatic N) is 2. The van der Waals surface area contributed by atoms with Gasteiger partial charge in [0, 0.05) is 18.8 Å². The zero-order chi connectivity index (χ0) is 15.6. The largest absolute Gasteiger partial charge is 0.486 e. The second kappa shape index (κ2) is 6.34. The van der Waals surface area contributed by atoms with Crippen LogP contribution in [0, 0.1) is 6.92 Å². The molecule has 0 unspecified atom stereocenters. The van der Waals surface area contributed by atoms with Gasteiger partial charge in [0.15, 0.2) is 0 Å². The Kier molecular flexibility index (Phi) is 4.06. The van der Waals surface area contributed by atoms with E-state index in [-0.39, 0.29) is 12.2 Å². The Bertz CT molecular complexity index is 643. The number of aromatic nitrogens is 1. The molecule has 4 rings (SSSR count). The highest BCUT2D eigenvalue weighted by Gasteiger charge is 2.44. The monoisotopic (exact) mass is 314 g/mol. The molecular weight excluding hydrogens is 292 g/mol. The van der Waals surface area contributed by atoms with Gasteiger partial charge in [-0.15, -0.1) is 0 Å². The fraction of sp³-hybridized carbons (Fsp3) is 0.500. The molecule has 23 heavy (non-hydrogen) atoms. The maximum Gasteiger partial charge on any atom is 0.138 e. The average molecular weight is 314 g/mol. The van der Waals surface area contributed by atoms with E-state index < -0.39 is 0 Å². The maximum atomic E-state index is 6.11. The van der Waals surface area contributed by atoms with E-state index in [1.807, 2.05) is 25.1 Å². The first-order chi connectivity index (χ1) is 11.3. The van der Waals surface area contributed by atoms with Crippen molar-refractivity contribution in [2.24, 2.45) is 0 Å². The van der Waals surface area contributed by atoms with E-state index >= 15 is 0 Å². The van der Waals surface area contributed by atoms with Crippen molar-refractivity contribution in [3.8, 4) is 5.75 Å². The van der Waals surface area contributed by atoms with Crippen LogP contribution in [0.3, 0.4) is 0 Å². The second-order valence-electron chi connectivity index (χ2n) is 6.31.